The second kappa shape index (κ2) is 8.79. The SMILES string of the molecule is CCCCCCNC(=S)Nc1ccc(-c2n[nH]c(=S)n2C)cc1. The number of thiocarbonyl (C=S) groups is 1. The Kier molecular flexibility index (Phi) is 6.73. The van der Waals surface area contributed by atoms with Gasteiger partial charge in [-0.2, -0.15) is 5.10 Å². The van der Waals surface area contributed by atoms with Crippen molar-refractivity contribution >= 4 is 35.2 Å². The van der Waals surface area contributed by atoms with Gasteiger partial charge in [0, 0.05) is 24.8 Å². The summed E-state index contributed by atoms with van der Waals surface area (Å²) in [5.41, 5.74) is 1.96. The summed E-state index contributed by atoms with van der Waals surface area (Å²) in [6, 6.07) is 7.96. The third kappa shape index (κ3) is 5.14. The number of aromatic amines is 1. The fourth-order valence-corrected chi connectivity index (χ4v) is 2.59. The number of nitrogens with one attached hydrogen (secondary N) is 3. The highest BCUT2D eigenvalue weighted by Gasteiger charge is 2.05. The zero-order valence-electron chi connectivity index (χ0n) is 13.6. The lowest BCUT2D eigenvalue weighted by Gasteiger charge is -2.11. The number of H-pyrrole nitrogens is 1. The molecule has 0 fully saturated rings. The van der Waals surface area contributed by atoms with Crippen LogP contribution in [0.4, 0.5) is 5.69 Å². The van der Waals surface area contributed by atoms with Crippen molar-refractivity contribution < 1.29 is 0 Å². The predicted molar refractivity (Wildman–Crippen MR) is 102 cm³/mol. The molecule has 0 amide bonds. The van der Waals surface area contributed by atoms with Crippen LogP contribution >= 0.6 is 24.4 Å². The molecule has 0 atom stereocenters. The predicted octanol–water partition coefficient (Wildman–Crippen LogP) is 4.01. The van der Waals surface area contributed by atoms with Gasteiger partial charge < -0.3 is 15.2 Å². The summed E-state index contributed by atoms with van der Waals surface area (Å²) in [5.74, 6) is 0.818. The molecule has 0 unspecified atom stereocenters. The number of nitrogens with zero attached hydrogens (tertiary/aromatic N) is 2. The van der Waals surface area contributed by atoms with Gasteiger partial charge in [-0.05, 0) is 55.1 Å². The van der Waals surface area contributed by atoms with Gasteiger partial charge in [-0.15, -0.1) is 0 Å². The number of aromatic nitrogens is 3. The molecule has 3 N–H and O–H groups in total. The molecule has 0 aliphatic carbocycles. The van der Waals surface area contributed by atoms with Gasteiger partial charge in [0.05, 0.1) is 0 Å². The van der Waals surface area contributed by atoms with Crippen LogP contribution in [0.5, 0.6) is 0 Å². The Morgan fingerprint density at radius 1 is 1.22 bits per heavy atom. The summed E-state index contributed by atoms with van der Waals surface area (Å²) in [6.45, 7) is 3.12. The van der Waals surface area contributed by atoms with Gasteiger partial charge in [0.25, 0.3) is 0 Å². The van der Waals surface area contributed by atoms with Crippen molar-refractivity contribution in [3.8, 4) is 11.4 Å². The minimum absolute atomic E-state index is 0.607. The molecule has 7 heteroatoms. The largest absolute Gasteiger partial charge is 0.362 e. The third-order valence-corrected chi connectivity index (χ3v) is 4.21. The Labute approximate surface area is 147 Å². The van der Waals surface area contributed by atoms with Crippen molar-refractivity contribution in [1.82, 2.24) is 20.1 Å². The Bertz CT molecular complexity index is 687. The molecule has 124 valence electrons. The van der Waals surface area contributed by atoms with E-state index in [-0.39, 0.29) is 0 Å². The highest BCUT2D eigenvalue weighted by molar-refractivity contribution is 7.80. The minimum atomic E-state index is 0.607. The highest BCUT2D eigenvalue weighted by atomic mass is 32.1. The van der Waals surface area contributed by atoms with Crippen LogP contribution in [0.2, 0.25) is 0 Å². The van der Waals surface area contributed by atoms with Crippen LogP contribution in [0.3, 0.4) is 0 Å². The number of benzene rings is 1. The van der Waals surface area contributed by atoms with Crippen molar-refractivity contribution in [2.75, 3.05) is 11.9 Å². The first kappa shape index (κ1) is 17.6. The van der Waals surface area contributed by atoms with E-state index >= 15 is 0 Å². The molecule has 0 saturated heterocycles. The molecule has 0 saturated carbocycles. The van der Waals surface area contributed by atoms with E-state index in [1.165, 1.54) is 19.3 Å². The molecular formula is C16H23N5S2. The summed E-state index contributed by atoms with van der Waals surface area (Å²) >= 11 is 10.4. The third-order valence-electron chi connectivity index (χ3n) is 3.60. The van der Waals surface area contributed by atoms with Crippen molar-refractivity contribution in [3.63, 3.8) is 0 Å². The van der Waals surface area contributed by atoms with E-state index in [4.69, 9.17) is 24.4 Å². The van der Waals surface area contributed by atoms with E-state index in [2.05, 4.69) is 27.8 Å². The number of hydrogen-bond donors (Lipinski definition) is 3. The standard InChI is InChI=1S/C16H23N5S2/c1-3-4-5-6-11-17-15(22)18-13-9-7-12(8-10-13)14-19-20-16(23)21(14)2/h7-10H,3-6,11H2,1-2H3,(H,20,23)(H2,17,18,22). The number of unbranched alkanes of at least 4 members (excludes halogenated alkanes) is 3. The molecular weight excluding hydrogens is 326 g/mol. The van der Waals surface area contributed by atoms with Crippen molar-refractivity contribution in [3.05, 3.63) is 29.0 Å². The molecule has 0 aliphatic rings. The first-order valence-corrected chi connectivity index (χ1v) is 8.70. The van der Waals surface area contributed by atoms with Gasteiger partial charge >= 0.3 is 0 Å². The van der Waals surface area contributed by atoms with Crippen LogP contribution in [0.25, 0.3) is 11.4 Å². The summed E-state index contributed by atoms with van der Waals surface area (Å²) in [6.07, 6.45) is 4.91. The van der Waals surface area contributed by atoms with Gasteiger partial charge in [-0.1, -0.05) is 26.2 Å². The van der Waals surface area contributed by atoms with E-state index in [0.29, 0.717) is 9.88 Å². The molecule has 0 bridgehead atoms. The van der Waals surface area contributed by atoms with Crippen LogP contribution in [-0.4, -0.2) is 26.4 Å². The molecule has 0 radical (unpaired) electrons. The number of hydrogen-bond acceptors (Lipinski definition) is 3. The van der Waals surface area contributed by atoms with Crippen LogP contribution in [0.15, 0.2) is 24.3 Å². The van der Waals surface area contributed by atoms with Gasteiger partial charge in [0.15, 0.2) is 15.7 Å². The molecule has 1 aromatic carbocycles. The molecule has 1 aromatic heterocycles. The van der Waals surface area contributed by atoms with Gasteiger partial charge in [-0.25, -0.2) is 0 Å². The lowest BCUT2D eigenvalue weighted by molar-refractivity contribution is 0.655. The summed E-state index contributed by atoms with van der Waals surface area (Å²) in [4.78, 5) is 0. The Morgan fingerprint density at radius 2 is 1.96 bits per heavy atom. The zero-order valence-corrected chi connectivity index (χ0v) is 15.2. The van der Waals surface area contributed by atoms with Gasteiger partial charge in [0.2, 0.25) is 0 Å². The Balaban J connectivity index is 1.86. The highest BCUT2D eigenvalue weighted by Crippen LogP contribution is 2.19. The molecule has 23 heavy (non-hydrogen) atoms. The zero-order chi connectivity index (χ0) is 16.7. The lowest BCUT2D eigenvalue weighted by atomic mass is 10.2. The fraction of sp³-hybridized carbons (Fsp3) is 0.438. The van der Waals surface area contributed by atoms with Crippen molar-refractivity contribution in [2.24, 2.45) is 7.05 Å². The molecule has 1 heterocycles. The van der Waals surface area contributed by atoms with Crippen LogP contribution in [0.1, 0.15) is 32.6 Å². The van der Waals surface area contributed by atoms with Crippen molar-refractivity contribution in [1.29, 1.82) is 0 Å². The summed E-state index contributed by atoms with van der Waals surface area (Å²) in [5, 5.41) is 14.1. The van der Waals surface area contributed by atoms with Crippen molar-refractivity contribution in [2.45, 2.75) is 32.6 Å². The molecule has 0 aliphatic heterocycles. The van der Waals surface area contributed by atoms with E-state index in [1.54, 1.807) is 0 Å². The van der Waals surface area contributed by atoms with E-state index in [1.807, 2.05) is 35.9 Å². The Hall–Kier alpha value is -1.73. The first-order chi connectivity index (χ1) is 11.1. The average molecular weight is 350 g/mol. The van der Waals surface area contributed by atoms with Crippen LogP contribution in [0, 0.1) is 4.77 Å². The average Bonchev–Trinajstić information content (AvgIpc) is 2.88. The number of anilines is 1. The Morgan fingerprint density at radius 3 is 2.57 bits per heavy atom. The van der Waals surface area contributed by atoms with E-state index < -0.39 is 0 Å². The fourth-order valence-electron chi connectivity index (χ4n) is 2.24. The second-order valence-corrected chi connectivity index (χ2v) is 6.23. The molecule has 0 spiro atoms. The van der Waals surface area contributed by atoms with Gasteiger partial charge in [-0.3, -0.25) is 5.10 Å². The van der Waals surface area contributed by atoms with Crippen LogP contribution in [-0.2, 0) is 7.05 Å². The molecule has 2 rings (SSSR count). The maximum atomic E-state index is 5.31. The normalized spacial score (nSPS) is 10.5. The van der Waals surface area contributed by atoms with Crippen LogP contribution < -0.4 is 10.6 Å². The topological polar surface area (TPSA) is 57.7 Å². The maximum Gasteiger partial charge on any atom is 0.195 e. The smallest absolute Gasteiger partial charge is 0.195 e. The maximum absolute atomic E-state index is 5.31. The van der Waals surface area contributed by atoms with E-state index in [9.17, 15) is 0 Å². The lowest BCUT2D eigenvalue weighted by Crippen LogP contribution is -2.29. The summed E-state index contributed by atoms with van der Waals surface area (Å²) in [7, 11) is 1.89. The first-order valence-electron chi connectivity index (χ1n) is 7.88. The molecule has 5 nitrogen and oxygen atoms in total. The monoisotopic (exact) mass is 349 g/mol. The number of rotatable bonds is 7. The minimum Gasteiger partial charge on any atom is -0.362 e. The quantitative estimate of drug-likeness (QED) is 0.521. The summed E-state index contributed by atoms with van der Waals surface area (Å²) < 4.78 is 2.45. The van der Waals surface area contributed by atoms with Gasteiger partial charge in [0.1, 0.15) is 0 Å². The second-order valence-electron chi connectivity index (χ2n) is 5.43. The van der Waals surface area contributed by atoms with E-state index in [0.717, 1.165) is 30.0 Å². The molecule has 2 aromatic rings.